The molecule has 8 nitrogen and oxygen atoms in total. The van der Waals surface area contributed by atoms with Crippen LogP contribution >= 0.6 is 0 Å². The molecule has 2 aliphatic rings. The summed E-state index contributed by atoms with van der Waals surface area (Å²) in [6, 6.07) is 8.87. The summed E-state index contributed by atoms with van der Waals surface area (Å²) in [7, 11) is 1.64. The number of nitrogens with one attached hydrogen (secondary N) is 1. The van der Waals surface area contributed by atoms with Gasteiger partial charge in [-0.2, -0.15) is 23.5 Å². The minimum absolute atomic E-state index is 0.0482. The number of carbonyl (C=O) groups is 1. The van der Waals surface area contributed by atoms with E-state index < -0.39 is 18.2 Å². The molecule has 11 heteroatoms. The zero-order valence-electron chi connectivity index (χ0n) is 18.9. The molecule has 3 aromatic heterocycles. The zero-order valence-corrected chi connectivity index (χ0v) is 18.9. The molecule has 3 aromatic rings. The Morgan fingerprint density at radius 2 is 2.06 bits per heavy atom. The second-order valence-electron chi connectivity index (χ2n) is 9.19. The number of rotatable bonds is 5. The van der Waals surface area contributed by atoms with Crippen LogP contribution in [-0.2, 0) is 4.79 Å². The van der Waals surface area contributed by atoms with Crippen molar-refractivity contribution in [3.8, 4) is 22.9 Å². The molecule has 182 valence electrons. The average molecular weight is 484 g/mol. The fourth-order valence-corrected chi connectivity index (χ4v) is 4.39. The summed E-state index contributed by atoms with van der Waals surface area (Å²) in [6.07, 6.45) is -0.280. The van der Waals surface area contributed by atoms with E-state index in [-0.39, 0.29) is 30.5 Å². The fourth-order valence-electron chi connectivity index (χ4n) is 4.39. The molecule has 1 saturated heterocycles. The number of hydrogen-bond acceptors (Lipinski definition) is 6. The molecular weight excluding hydrogens is 461 g/mol. The van der Waals surface area contributed by atoms with E-state index >= 15 is 0 Å². The van der Waals surface area contributed by atoms with Gasteiger partial charge in [0.15, 0.2) is 5.82 Å². The highest BCUT2D eigenvalue weighted by Gasteiger charge is 2.44. The third-order valence-electron chi connectivity index (χ3n) is 6.31. The number of ether oxygens (including phenoxy) is 1. The third kappa shape index (κ3) is 5.07. The van der Waals surface area contributed by atoms with Crippen molar-refractivity contribution in [1.29, 1.82) is 5.26 Å². The number of pyridine rings is 2. The summed E-state index contributed by atoms with van der Waals surface area (Å²) in [5.74, 6) is -0.741. The van der Waals surface area contributed by atoms with E-state index in [1.54, 1.807) is 40.9 Å². The molecule has 0 bridgehead atoms. The number of nitriles is 1. The smallest absolute Gasteiger partial charge is 0.393 e. The number of aromatic nitrogens is 3. The number of halogens is 3. The van der Waals surface area contributed by atoms with Gasteiger partial charge in [-0.05, 0) is 50.1 Å². The van der Waals surface area contributed by atoms with Gasteiger partial charge in [-0.1, -0.05) is 0 Å². The molecule has 35 heavy (non-hydrogen) atoms. The Labute approximate surface area is 199 Å². The quantitative estimate of drug-likeness (QED) is 0.591. The van der Waals surface area contributed by atoms with Gasteiger partial charge in [-0.3, -0.25) is 4.79 Å². The zero-order chi connectivity index (χ0) is 24.7. The minimum atomic E-state index is -4.30. The first kappa shape index (κ1) is 23.1. The Kier molecular flexibility index (Phi) is 5.84. The number of nitrogens with zero attached hydrogens (tertiary/aromatic N) is 5. The molecule has 1 N–H and O–H groups in total. The number of hydrogen-bond donors (Lipinski definition) is 1. The van der Waals surface area contributed by atoms with Gasteiger partial charge < -0.3 is 15.0 Å². The van der Waals surface area contributed by atoms with Crippen molar-refractivity contribution in [2.75, 3.05) is 25.5 Å². The second kappa shape index (κ2) is 8.85. The molecular formula is C24H23F3N6O2. The lowest BCUT2D eigenvalue weighted by Gasteiger charge is -2.36. The van der Waals surface area contributed by atoms with Gasteiger partial charge in [0.1, 0.15) is 23.6 Å². The van der Waals surface area contributed by atoms with Crippen molar-refractivity contribution in [2.24, 2.45) is 11.8 Å². The van der Waals surface area contributed by atoms with Crippen LogP contribution in [0.2, 0.25) is 0 Å². The molecule has 0 radical (unpaired) electrons. The van der Waals surface area contributed by atoms with E-state index in [1.165, 1.54) is 6.20 Å². The fraction of sp³-hybridized carbons (Fsp3) is 0.417. The first-order valence-corrected chi connectivity index (χ1v) is 11.3. The molecule has 1 aliphatic heterocycles. The number of alkyl halides is 3. The lowest BCUT2D eigenvalue weighted by molar-refractivity contribution is -0.193. The van der Waals surface area contributed by atoms with Crippen LogP contribution in [0.25, 0.3) is 16.6 Å². The van der Waals surface area contributed by atoms with Crippen molar-refractivity contribution in [1.82, 2.24) is 19.5 Å². The third-order valence-corrected chi connectivity index (χ3v) is 6.31. The summed E-state index contributed by atoms with van der Waals surface area (Å²) >= 11 is 0. The number of likely N-dealkylation sites (tertiary alicyclic amines) is 1. The van der Waals surface area contributed by atoms with Crippen LogP contribution in [0.15, 0.2) is 36.7 Å². The van der Waals surface area contributed by atoms with E-state index in [0.717, 1.165) is 12.8 Å². The summed E-state index contributed by atoms with van der Waals surface area (Å²) in [6.45, 7) is 0.275. The number of anilines is 1. The minimum Gasteiger partial charge on any atom is -0.487 e. The Hall–Kier alpha value is -3.65. The first-order valence-electron chi connectivity index (χ1n) is 11.3. The monoisotopic (exact) mass is 484 g/mol. The summed E-state index contributed by atoms with van der Waals surface area (Å²) in [5.41, 5.74) is 2.08. The molecule has 2 fully saturated rings. The average Bonchev–Trinajstić information content (AvgIpc) is 3.58. The van der Waals surface area contributed by atoms with Gasteiger partial charge >= 0.3 is 6.18 Å². The summed E-state index contributed by atoms with van der Waals surface area (Å²) in [5, 5.41) is 16.5. The Bertz CT molecular complexity index is 1310. The molecule has 1 saturated carbocycles. The van der Waals surface area contributed by atoms with Crippen molar-refractivity contribution in [3.05, 3.63) is 42.4 Å². The van der Waals surface area contributed by atoms with Gasteiger partial charge in [-0.25, -0.2) is 9.50 Å². The molecule has 5 rings (SSSR count). The Morgan fingerprint density at radius 1 is 1.26 bits per heavy atom. The predicted octanol–water partition coefficient (Wildman–Crippen LogP) is 3.88. The maximum absolute atomic E-state index is 13.4. The SMILES string of the molecule is CN1C[C@@H](Oc2cnc(C#N)cc2-c2ccn3nc(NC(=O)C4CC4)cc3c2)C[C@@H](C(F)(F)F)C1. The number of likely N-dealkylation sites (N-methyl/N-ethyl adjacent to an activating group) is 1. The second-order valence-corrected chi connectivity index (χ2v) is 9.19. The molecule has 0 aromatic carbocycles. The van der Waals surface area contributed by atoms with Crippen LogP contribution < -0.4 is 10.1 Å². The molecule has 4 heterocycles. The van der Waals surface area contributed by atoms with Crippen molar-refractivity contribution < 1.29 is 22.7 Å². The Balaban J connectivity index is 1.44. The number of amides is 1. The number of piperidine rings is 1. The standard InChI is InChI=1S/C24H23F3N6O2/c1-32-12-16(24(25,26)27)7-19(13-32)35-21-11-29-17(10-28)8-20(21)15-4-5-33-18(6-15)9-22(31-33)30-23(34)14-2-3-14/h4-6,8-9,11,14,16,19H,2-3,7,12-13H2,1H3,(H,30,31,34)/t16-,19+/m1/s1. The van der Waals surface area contributed by atoms with Gasteiger partial charge in [0.05, 0.1) is 17.6 Å². The van der Waals surface area contributed by atoms with E-state index in [2.05, 4.69) is 15.4 Å². The maximum Gasteiger partial charge on any atom is 0.393 e. The van der Waals surface area contributed by atoms with E-state index in [9.17, 15) is 23.2 Å². The molecule has 2 atom stereocenters. The molecule has 1 aliphatic carbocycles. The maximum atomic E-state index is 13.4. The van der Waals surface area contributed by atoms with E-state index in [4.69, 9.17) is 4.74 Å². The van der Waals surface area contributed by atoms with Crippen molar-refractivity contribution in [2.45, 2.75) is 31.5 Å². The van der Waals surface area contributed by atoms with Crippen molar-refractivity contribution in [3.63, 3.8) is 0 Å². The largest absolute Gasteiger partial charge is 0.487 e. The van der Waals surface area contributed by atoms with Gasteiger partial charge in [0, 0.05) is 36.8 Å². The highest BCUT2D eigenvalue weighted by atomic mass is 19.4. The van der Waals surface area contributed by atoms with Crippen LogP contribution in [0.1, 0.15) is 25.0 Å². The van der Waals surface area contributed by atoms with Gasteiger partial charge in [0.25, 0.3) is 0 Å². The lowest BCUT2D eigenvalue weighted by atomic mass is 9.95. The molecule has 0 unspecified atom stereocenters. The van der Waals surface area contributed by atoms with Crippen molar-refractivity contribution >= 4 is 17.2 Å². The van der Waals surface area contributed by atoms with Crippen LogP contribution in [0, 0.1) is 23.2 Å². The predicted molar refractivity (Wildman–Crippen MR) is 121 cm³/mol. The number of carbonyl (C=O) groups excluding carboxylic acids is 1. The first-order chi connectivity index (χ1) is 16.7. The molecule has 1 amide bonds. The van der Waals surface area contributed by atoms with Crippen LogP contribution in [0.5, 0.6) is 5.75 Å². The van der Waals surface area contributed by atoms with E-state index in [0.29, 0.717) is 34.8 Å². The van der Waals surface area contributed by atoms with Gasteiger partial charge in [0.2, 0.25) is 5.91 Å². The van der Waals surface area contributed by atoms with Gasteiger partial charge in [-0.15, -0.1) is 0 Å². The van der Waals surface area contributed by atoms with Crippen LogP contribution in [0.3, 0.4) is 0 Å². The highest BCUT2D eigenvalue weighted by Crippen LogP contribution is 2.37. The van der Waals surface area contributed by atoms with Crippen LogP contribution in [-0.4, -0.2) is 57.8 Å². The highest BCUT2D eigenvalue weighted by molar-refractivity contribution is 5.93. The summed E-state index contributed by atoms with van der Waals surface area (Å²) in [4.78, 5) is 17.7. The Morgan fingerprint density at radius 3 is 2.77 bits per heavy atom. The summed E-state index contributed by atoms with van der Waals surface area (Å²) < 4.78 is 47.8. The lowest BCUT2D eigenvalue weighted by Crippen LogP contribution is -2.48. The topological polar surface area (TPSA) is 95.6 Å². The normalized spacial score (nSPS) is 21.0. The van der Waals surface area contributed by atoms with Crippen LogP contribution in [0.4, 0.5) is 19.0 Å². The van der Waals surface area contributed by atoms with E-state index in [1.807, 2.05) is 12.1 Å². The number of fused-ring (bicyclic) bond motifs is 1. The molecule has 0 spiro atoms.